The first kappa shape index (κ1) is 33.2. The van der Waals surface area contributed by atoms with Gasteiger partial charge >= 0.3 is 0 Å². The van der Waals surface area contributed by atoms with Crippen LogP contribution in [0.5, 0.6) is 0 Å². The molecule has 0 radical (unpaired) electrons. The Bertz CT molecular complexity index is 3050. The molecule has 266 valence electrons. The zero-order chi connectivity index (χ0) is 37.6. The molecule has 6 nitrogen and oxygen atoms in total. The highest BCUT2D eigenvalue weighted by Crippen LogP contribution is 2.41. The summed E-state index contributed by atoms with van der Waals surface area (Å²) in [5.74, 6) is 0.873. The zero-order valence-electron chi connectivity index (χ0n) is 30.5. The molecule has 8 aromatic rings. The van der Waals surface area contributed by atoms with Crippen LogP contribution in [0, 0.1) is 22.7 Å². The maximum atomic E-state index is 9.73. The average Bonchev–Trinajstić information content (AvgIpc) is 3.79. The molecule has 6 aromatic carbocycles. The lowest BCUT2D eigenvalue weighted by Gasteiger charge is -2.23. The van der Waals surface area contributed by atoms with Crippen molar-refractivity contribution in [1.29, 1.82) is 10.5 Å². The molecular weight excluding hydrogens is 687 g/mol. The third-order valence-electron chi connectivity index (χ3n) is 11.1. The summed E-state index contributed by atoms with van der Waals surface area (Å²) < 4.78 is 8.66. The van der Waals surface area contributed by atoms with Crippen LogP contribution in [0.15, 0.2) is 172 Å². The molecular formula is C50H35N5O. The number of hydrogen-bond acceptors (Lipinski definition) is 5. The maximum Gasteiger partial charge on any atom is 0.135 e. The number of para-hydroxylation sites is 1. The molecule has 10 rings (SSSR count). The SMILES string of the molecule is N#Cc1cc(C#N)cc(-n2c3ccccc3c3cc(-c4ccc5oc6cccc(C7CC/C=C(/C8=CC=CCC8)NC(c8ccccc8)=N7)c6c5c4)ccc32)c1. The first-order chi connectivity index (χ1) is 27.6. The standard InChI is InChI=1S/C50H35N5O/c51-30-32-25-33(31-52)27-38(26-32)55-45-19-8-7-15-39(45)41-28-36(21-23-46(41)55)37-22-24-47-42(29-37)49-40(16-9-20-48(49)56-47)44-18-10-17-43(34-11-3-1-4-12-34)53-50(54-44)35-13-5-2-6-14-35/h1-3,5-9,11,13-17,19-29,44H,4,10,12,18H2,(H,53,54)/b43-17-. The third kappa shape index (κ3) is 5.77. The van der Waals surface area contributed by atoms with Crippen LogP contribution in [-0.4, -0.2) is 10.4 Å². The van der Waals surface area contributed by atoms with Crippen molar-refractivity contribution < 1.29 is 4.42 Å². The summed E-state index contributed by atoms with van der Waals surface area (Å²) in [6.07, 6.45) is 12.7. The lowest BCUT2D eigenvalue weighted by Crippen LogP contribution is -2.27. The number of benzene rings is 6. The lowest BCUT2D eigenvalue weighted by atomic mass is 9.94. The van der Waals surface area contributed by atoms with Crippen LogP contribution in [0.4, 0.5) is 0 Å². The van der Waals surface area contributed by atoms with Crippen molar-refractivity contribution >= 4 is 49.6 Å². The largest absolute Gasteiger partial charge is 0.456 e. The van der Waals surface area contributed by atoms with Crippen molar-refractivity contribution in [2.75, 3.05) is 0 Å². The average molecular weight is 722 g/mol. The highest BCUT2D eigenvalue weighted by molar-refractivity contribution is 6.12. The normalized spacial score (nSPS) is 16.7. The van der Waals surface area contributed by atoms with E-state index in [9.17, 15) is 10.5 Å². The molecule has 2 aromatic heterocycles. The van der Waals surface area contributed by atoms with Crippen LogP contribution < -0.4 is 5.32 Å². The van der Waals surface area contributed by atoms with E-state index in [4.69, 9.17) is 9.41 Å². The molecule has 0 bridgehead atoms. The summed E-state index contributed by atoms with van der Waals surface area (Å²) in [5, 5.41) is 27.6. The van der Waals surface area contributed by atoms with Crippen LogP contribution in [-0.2, 0) is 0 Å². The van der Waals surface area contributed by atoms with Crippen LogP contribution in [0.2, 0.25) is 0 Å². The number of aromatic nitrogens is 1. The number of rotatable bonds is 5. The van der Waals surface area contributed by atoms with E-state index in [1.165, 1.54) is 5.57 Å². The van der Waals surface area contributed by atoms with E-state index in [1.807, 2.05) is 30.3 Å². The Morgan fingerprint density at radius 1 is 0.679 bits per heavy atom. The number of amidine groups is 1. The van der Waals surface area contributed by atoms with Crippen molar-refractivity contribution in [3.05, 3.63) is 185 Å². The summed E-state index contributed by atoms with van der Waals surface area (Å²) in [4.78, 5) is 5.49. The molecule has 0 saturated heterocycles. The second kappa shape index (κ2) is 13.8. The lowest BCUT2D eigenvalue weighted by molar-refractivity contribution is 0.651. The highest BCUT2D eigenvalue weighted by atomic mass is 16.3. The smallest absolute Gasteiger partial charge is 0.135 e. The number of nitrogens with zero attached hydrogens (tertiary/aromatic N) is 4. The van der Waals surface area contributed by atoms with Crippen molar-refractivity contribution in [2.24, 2.45) is 4.99 Å². The van der Waals surface area contributed by atoms with E-state index in [0.717, 1.165) is 109 Å². The number of furan rings is 1. The molecule has 1 N–H and O–H groups in total. The molecule has 0 spiro atoms. The second-order valence-electron chi connectivity index (χ2n) is 14.4. The molecule has 0 saturated carbocycles. The Kier molecular flexibility index (Phi) is 8.16. The van der Waals surface area contributed by atoms with Gasteiger partial charge in [0.25, 0.3) is 0 Å². The molecule has 2 aliphatic rings. The van der Waals surface area contributed by atoms with Crippen LogP contribution in [0.25, 0.3) is 60.6 Å². The molecule has 6 heteroatoms. The highest BCUT2D eigenvalue weighted by Gasteiger charge is 2.23. The number of allylic oxidation sites excluding steroid dienone is 5. The molecule has 0 amide bonds. The summed E-state index contributed by atoms with van der Waals surface area (Å²) in [6.45, 7) is 0. The monoisotopic (exact) mass is 721 g/mol. The topological polar surface area (TPSA) is 90.0 Å². The van der Waals surface area contributed by atoms with Gasteiger partial charge in [-0.15, -0.1) is 0 Å². The van der Waals surface area contributed by atoms with Gasteiger partial charge in [0.05, 0.1) is 40.3 Å². The van der Waals surface area contributed by atoms with E-state index in [0.29, 0.717) is 11.1 Å². The molecule has 1 atom stereocenters. The van der Waals surface area contributed by atoms with Gasteiger partial charge in [-0.3, -0.25) is 4.99 Å². The van der Waals surface area contributed by atoms with Gasteiger partial charge in [-0.25, -0.2) is 0 Å². The Balaban J connectivity index is 1.09. The Labute approximate surface area is 324 Å². The molecule has 56 heavy (non-hydrogen) atoms. The Hall–Kier alpha value is -7.41. The van der Waals surface area contributed by atoms with Crippen LogP contribution in [0.1, 0.15) is 54.0 Å². The summed E-state index contributed by atoms with van der Waals surface area (Å²) in [5.41, 5.74) is 12.3. The van der Waals surface area contributed by atoms with E-state index in [-0.39, 0.29) is 6.04 Å². The molecule has 3 heterocycles. The molecule has 1 aliphatic carbocycles. The number of aliphatic imine (C=N–C) groups is 1. The fourth-order valence-corrected chi connectivity index (χ4v) is 8.43. The second-order valence-corrected chi connectivity index (χ2v) is 14.4. The number of fused-ring (bicyclic) bond motifs is 6. The molecule has 0 fully saturated rings. The fraction of sp³-hybridized carbons (Fsp3) is 0.100. The van der Waals surface area contributed by atoms with E-state index in [1.54, 1.807) is 6.07 Å². The van der Waals surface area contributed by atoms with Crippen molar-refractivity contribution in [1.82, 2.24) is 9.88 Å². The van der Waals surface area contributed by atoms with Gasteiger partial charge in [-0.2, -0.15) is 10.5 Å². The van der Waals surface area contributed by atoms with Gasteiger partial charge in [-0.1, -0.05) is 97.1 Å². The predicted octanol–water partition coefficient (Wildman–Crippen LogP) is 12.1. The maximum absolute atomic E-state index is 9.73. The van der Waals surface area contributed by atoms with Gasteiger partial charge in [-0.05, 0) is 103 Å². The summed E-state index contributed by atoms with van der Waals surface area (Å²) >= 11 is 0. The predicted molar refractivity (Wildman–Crippen MR) is 226 cm³/mol. The van der Waals surface area contributed by atoms with Gasteiger partial charge in [0.2, 0.25) is 0 Å². The van der Waals surface area contributed by atoms with Crippen LogP contribution in [0.3, 0.4) is 0 Å². The third-order valence-corrected chi connectivity index (χ3v) is 11.1. The number of nitriles is 2. The first-order valence-corrected chi connectivity index (χ1v) is 19.1. The Morgan fingerprint density at radius 3 is 2.25 bits per heavy atom. The van der Waals surface area contributed by atoms with Crippen LogP contribution >= 0.6 is 0 Å². The van der Waals surface area contributed by atoms with E-state index < -0.39 is 0 Å². The minimum Gasteiger partial charge on any atom is -0.456 e. The first-order valence-electron chi connectivity index (χ1n) is 19.1. The number of hydrogen-bond donors (Lipinski definition) is 1. The quantitative estimate of drug-likeness (QED) is 0.192. The molecule has 1 unspecified atom stereocenters. The summed E-state index contributed by atoms with van der Waals surface area (Å²) in [6, 6.07) is 47.7. The summed E-state index contributed by atoms with van der Waals surface area (Å²) in [7, 11) is 0. The van der Waals surface area contributed by atoms with E-state index in [2.05, 4.69) is 137 Å². The minimum atomic E-state index is -0.0903. The van der Waals surface area contributed by atoms with Crippen molar-refractivity contribution in [3.8, 4) is 29.0 Å². The van der Waals surface area contributed by atoms with Gasteiger partial charge in [0.1, 0.15) is 17.0 Å². The fourth-order valence-electron chi connectivity index (χ4n) is 8.43. The van der Waals surface area contributed by atoms with E-state index >= 15 is 0 Å². The Morgan fingerprint density at radius 2 is 1.45 bits per heavy atom. The number of nitrogens with one attached hydrogen (secondary N) is 1. The molecule has 1 aliphatic heterocycles. The zero-order valence-corrected chi connectivity index (χ0v) is 30.5. The van der Waals surface area contributed by atoms with Crippen molar-refractivity contribution in [3.63, 3.8) is 0 Å². The van der Waals surface area contributed by atoms with Crippen molar-refractivity contribution in [2.45, 2.75) is 31.7 Å². The van der Waals surface area contributed by atoms with Gasteiger partial charge in [0, 0.05) is 38.5 Å². The van der Waals surface area contributed by atoms with Gasteiger partial charge in [0.15, 0.2) is 0 Å². The van der Waals surface area contributed by atoms with Gasteiger partial charge < -0.3 is 14.3 Å². The minimum absolute atomic E-state index is 0.0903.